The Kier molecular flexibility index (Phi) is 5.39. The molecule has 1 aliphatic rings. The first-order chi connectivity index (χ1) is 12.1. The zero-order valence-corrected chi connectivity index (χ0v) is 14.1. The highest BCUT2D eigenvalue weighted by atomic mass is 16.7. The van der Waals surface area contributed by atoms with Crippen molar-refractivity contribution >= 4 is 5.91 Å². The molecular formula is C17H20N2O6. The molecule has 0 radical (unpaired) electrons. The molecule has 2 heterocycles. The Morgan fingerprint density at radius 2 is 2.16 bits per heavy atom. The van der Waals surface area contributed by atoms with Crippen LogP contribution in [0.5, 0.6) is 17.2 Å². The first-order valence-corrected chi connectivity index (χ1v) is 7.98. The molecule has 1 amide bonds. The van der Waals surface area contributed by atoms with E-state index >= 15 is 0 Å². The predicted octanol–water partition coefficient (Wildman–Crippen LogP) is 2.14. The largest absolute Gasteiger partial charge is 0.484 e. The fourth-order valence-electron chi connectivity index (χ4n) is 2.14. The van der Waals surface area contributed by atoms with Crippen LogP contribution in [0.2, 0.25) is 0 Å². The molecule has 8 heteroatoms. The zero-order chi connectivity index (χ0) is 17.6. The summed E-state index contributed by atoms with van der Waals surface area (Å²) in [7, 11) is 0. The molecule has 1 aromatic carbocycles. The molecule has 0 atom stereocenters. The summed E-state index contributed by atoms with van der Waals surface area (Å²) in [6.45, 7) is 5.04. The van der Waals surface area contributed by atoms with Crippen LogP contribution in [0.3, 0.4) is 0 Å². The number of ether oxygens (including phenoxy) is 4. The van der Waals surface area contributed by atoms with Crippen molar-refractivity contribution in [1.82, 2.24) is 10.3 Å². The van der Waals surface area contributed by atoms with Gasteiger partial charge in [0.15, 0.2) is 23.8 Å². The van der Waals surface area contributed by atoms with Gasteiger partial charge in [0.1, 0.15) is 12.0 Å². The van der Waals surface area contributed by atoms with Gasteiger partial charge >= 0.3 is 0 Å². The summed E-state index contributed by atoms with van der Waals surface area (Å²) in [5.41, 5.74) is 0.203. The average Bonchev–Trinajstić information content (AvgIpc) is 3.25. The third-order valence-corrected chi connectivity index (χ3v) is 3.33. The number of hydrogen-bond donors (Lipinski definition) is 1. The number of nitrogens with one attached hydrogen (secondary N) is 1. The SMILES string of the molecule is CC(C)OCCNC(=O)c1coc(COc2ccc3c(c2)OCO3)n1. The number of nitrogens with zero attached hydrogens (tertiary/aromatic N) is 1. The van der Waals surface area contributed by atoms with Gasteiger partial charge in [0, 0.05) is 12.6 Å². The van der Waals surface area contributed by atoms with Crippen molar-refractivity contribution in [2.45, 2.75) is 26.6 Å². The topological polar surface area (TPSA) is 92.1 Å². The smallest absolute Gasteiger partial charge is 0.273 e. The number of fused-ring (bicyclic) bond motifs is 1. The fraction of sp³-hybridized carbons (Fsp3) is 0.412. The Morgan fingerprint density at radius 1 is 1.32 bits per heavy atom. The summed E-state index contributed by atoms with van der Waals surface area (Å²) in [6.07, 6.45) is 1.43. The van der Waals surface area contributed by atoms with E-state index in [1.165, 1.54) is 6.26 Å². The first kappa shape index (κ1) is 17.1. The molecule has 0 bridgehead atoms. The van der Waals surface area contributed by atoms with Gasteiger partial charge in [0.25, 0.3) is 5.91 Å². The van der Waals surface area contributed by atoms with E-state index in [0.717, 1.165) is 0 Å². The highest BCUT2D eigenvalue weighted by Gasteiger charge is 2.15. The Hall–Kier alpha value is -2.74. The summed E-state index contributed by atoms with van der Waals surface area (Å²) in [6, 6.07) is 5.26. The van der Waals surface area contributed by atoms with Gasteiger partial charge in [0.05, 0.1) is 12.7 Å². The number of carbonyl (C=O) groups excluding carboxylic acids is 1. The molecule has 8 nitrogen and oxygen atoms in total. The number of rotatable bonds is 8. The highest BCUT2D eigenvalue weighted by Crippen LogP contribution is 2.35. The predicted molar refractivity (Wildman–Crippen MR) is 86.8 cm³/mol. The Balaban J connectivity index is 1.47. The lowest BCUT2D eigenvalue weighted by atomic mass is 10.3. The van der Waals surface area contributed by atoms with E-state index in [4.69, 9.17) is 23.4 Å². The lowest BCUT2D eigenvalue weighted by Gasteiger charge is -2.07. The summed E-state index contributed by atoms with van der Waals surface area (Å²) in [4.78, 5) is 16.1. The van der Waals surface area contributed by atoms with E-state index in [9.17, 15) is 4.79 Å². The van der Waals surface area contributed by atoms with E-state index < -0.39 is 0 Å². The van der Waals surface area contributed by atoms with Gasteiger partial charge in [-0.2, -0.15) is 0 Å². The highest BCUT2D eigenvalue weighted by molar-refractivity contribution is 5.91. The minimum Gasteiger partial charge on any atom is -0.484 e. The molecule has 25 heavy (non-hydrogen) atoms. The standard InChI is InChI=1S/C17H20N2O6/c1-11(2)21-6-5-18-17(20)13-8-23-16(19-13)9-22-12-3-4-14-15(7-12)25-10-24-14/h3-4,7-8,11H,5-6,9-10H2,1-2H3,(H,18,20). The molecule has 1 N–H and O–H groups in total. The number of amides is 1. The molecule has 0 unspecified atom stereocenters. The molecular weight excluding hydrogens is 328 g/mol. The average molecular weight is 348 g/mol. The van der Waals surface area contributed by atoms with Gasteiger partial charge in [-0.1, -0.05) is 0 Å². The van der Waals surface area contributed by atoms with Gasteiger partial charge in [0.2, 0.25) is 12.7 Å². The van der Waals surface area contributed by atoms with Crippen LogP contribution >= 0.6 is 0 Å². The minimum atomic E-state index is -0.314. The van der Waals surface area contributed by atoms with E-state index in [2.05, 4.69) is 10.3 Å². The van der Waals surface area contributed by atoms with Crippen molar-refractivity contribution in [3.63, 3.8) is 0 Å². The summed E-state index contributed by atoms with van der Waals surface area (Å²) < 4.78 is 26.7. The van der Waals surface area contributed by atoms with Crippen molar-refractivity contribution in [3.05, 3.63) is 36.0 Å². The number of benzene rings is 1. The minimum absolute atomic E-state index is 0.101. The van der Waals surface area contributed by atoms with Crippen LogP contribution < -0.4 is 19.5 Å². The van der Waals surface area contributed by atoms with Crippen LogP contribution in [-0.4, -0.2) is 36.9 Å². The van der Waals surface area contributed by atoms with Crippen LogP contribution in [0.15, 0.2) is 28.9 Å². The Bertz CT molecular complexity index is 728. The molecule has 0 fully saturated rings. The maximum absolute atomic E-state index is 11.9. The summed E-state index contributed by atoms with van der Waals surface area (Å²) in [5.74, 6) is 1.91. The number of hydrogen-bond acceptors (Lipinski definition) is 7. The zero-order valence-electron chi connectivity index (χ0n) is 14.1. The van der Waals surface area contributed by atoms with Crippen LogP contribution in [0.4, 0.5) is 0 Å². The van der Waals surface area contributed by atoms with Crippen molar-refractivity contribution in [3.8, 4) is 17.2 Å². The van der Waals surface area contributed by atoms with Crippen LogP contribution in [0.1, 0.15) is 30.2 Å². The lowest BCUT2D eigenvalue weighted by Crippen LogP contribution is -2.28. The first-order valence-electron chi connectivity index (χ1n) is 7.98. The Morgan fingerprint density at radius 3 is 3.00 bits per heavy atom. The van der Waals surface area contributed by atoms with Crippen molar-refractivity contribution in [2.75, 3.05) is 19.9 Å². The molecule has 0 aliphatic carbocycles. The monoisotopic (exact) mass is 348 g/mol. The van der Waals surface area contributed by atoms with E-state index in [0.29, 0.717) is 36.3 Å². The molecule has 3 rings (SSSR count). The van der Waals surface area contributed by atoms with Crippen LogP contribution in [0.25, 0.3) is 0 Å². The summed E-state index contributed by atoms with van der Waals surface area (Å²) in [5, 5.41) is 2.71. The van der Waals surface area contributed by atoms with Gasteiger partial charge in [-0.05, 0) is 26.0 Å². The van der Waals surface area contributed by atoms with Gasteiger partial charge in [-0.15, -0.1) is 0 Å². The van der Waals surface area contributed by atoms with Crippen molar-refractivity contribution in [2.24, 2.45) is 0 Å². The molecule has 0 saturated carbocycles. The second-order valence-electron chi connectivity index (χ2n) is 5.61. The maximum atomic E-state index is 11.9. The van der Waals surface area contributed by atoms with E-state index in [-0.39, 0.29) is 31.1 Å². The fourth-order valence-corrected chi connectivity index (χ4v) is 2.14. The van der Waals surface area contributed by atoms with E-state index in [1.807, 2.05) is 13.8 Å². The molecule has 134 valence electrons. The quantitative estimate of drug-likeness (QED) is 0.731. The van der Waals surface area contributed by atoms with Gasteiger partial charge < -0.3 is 28.7 Å². The maximum Gasteiger partial charge on any atom is 0.273 e. The lowest BCUT2D eigenvalue weighted by molar-refractivity contribution is 0.0745. The molecule has 1 aliphatic heterocycles. The third-order valence-electron chi connectivity index (χ3n) is 3.33. The molecule has 0 saturated heterocycles. The van der Waals surface area contributed by atoms with Crippen molar-refractivity contribution in [1.29, 1.82) is 0 Å². The van der Waals surface area contributed by atoms with Crippen molar-refractivity contribution < 1.29 is 28.2 Å². The molecule has 2 aromatic rings. The Labute approximate surface area is 145 Å². The van der Waals surface area contributed by atoms with E-state index in [1.54, 1.807) is 18.2 Å². The molecule has 0 spiro atoms. The number of carbonyl (C=O) groups is 1. The second kappa shape index (κ2) is 7.89. The molecule has 1 aromatic heterocycles. The third kappa shape index (κ3) is 4.63. The van der Waals surface area contributed by atoms with Crippen LogP contribution in [-0.2, 0) is 11.3 Å². The summed E-state index contributed by atoms with van der Waals surface area (Å²) >= 11 is 0. The number of aromatic nitrogens is 1. The normalized spacial score (nSPS) is 12.4. The van der Waals surface area contributed by atoms with Gasteiger partial charge in [-0.3, -0.25) is 4.79 Å². The van der Waals surface area contributed by atoms with Gasteiger partial charge in [-0.25, -0.2) is 4.98 Å². The number of oxazole rings is 1. The second-order valence-corrected chi connectivity index (χ2v) is 5.61. The van der Waals surface area contributed by atoms with Crippen LogP contribution in [0, 0.1) is 0 Å².